The summed E-state index contributed by atoms with van der Waals surface area (Å²) in [5.41, 5.74) is 9.14. The highest BCUT2D eigenvalue weighted by Gasteiger charge is 2.28. The van der Waals surface area contributed by atoms with E-state index in [1.807, 2.05) is 89.9 Å². The second-order valence-corrected chi connectivity index (χ2v) is 8.41. The molecule has 0 bridgehead atoms. The first-order valence-corrected chi connectivity index (χ1v) is 11.9. The molecule has 1 heterocycles. The maximum atomic E-state index is 13.2. The van der Waals surface area contributed by atoms with Crippen molar-refractivity contribution in [2.45, 2.75) is 6.04 Å². The Morgan fingerprint density at radius 1 is 0.658 bits per heavy atom. The smallest absolute Gasteiger partial charge is 0.418 e. The predicted octanol–water partition coefficient (Wildman–Crippen LogP) is 7.81. The van der Waals surface area contributed by atoms with Crippen molar-refractivity contribution in [2.75, 3.05) is 0 Å². The third kappa shape index (κ3) is 7.23. The van der Waals surface area contributed by atoms with Gasteiger partial charge in [-0.1, -0.05) is 109 Å². The Balaban J connectivity index is 0.000000617. The summed E-state index contributed by atoms with van der Waals surface area (Å²) in [6.07, 6.45) is 4.36. The summed E-state index contributed by atoms with van der Waals surface area (Å²) in [5.74, 6) is -0.144. The molecule has 4 aromatic rings. The van der Waals surface area contributed by atoms with Gasteiger partial charge in [0.05, 0.1) is 11.7 Å². The molecule has 38 heavy (non-hydrogen) atoms. The van der Waals surface area contributed by atoms with Crippen molar-refractivity contribution in [3.63, 3.8) is 0 Å². The van der Waals surface area contributed by atoms with Gasteiger partial charge in [-0.3, -0.25) is 15.2 Å². The summed E-state index contributed by atoms with van der Waals surface area (Å²) >= 11 is 0. The maximum Gasteiger partial charge on any atom is 0.673 e. The lowest BCUT2D eigenvalue weighted by atomic mass is 9.92. The van der Waals surface area contributed by atoms with Crippen LogP contribution in [0.1, 0.15) is 33.1 Å². The number of rotatable bonds is 5. The van der Waals surface area contributed by atoms with Gasteiger partial charge in [0.15, 0.2) is 0 Å². The van der Waals surface area contributed by atoms with Crippen LogP contribution in [0.4, 0.5) is 17.3 Å². The lowest BCUT2D eigenvalue weighted by Crippen LogP contribution is -2.44. The van der Waals surface area contributed by atoms with Crippen molar-refractivity contribution >= 4 is 24.4 Å². The molecule has 4 aromatic carbocycles. The van der Waals surface area contributed by atoms with E-state index in [1.54, 1.807) is 0 Å². The Labute approximate surface area is 218 Å². The van der Waals surface area contributed by atoms with Crippen LogP contribution in [0.2, 0.25) is 0 Å². The molecule has 0 spiro atoms. The van der Waals surface area contributed by atoms with Crippen LogP contribution >= 0.6 is 0 Å². The highest BCUT2D eigenvalue weighted by atomic mass is 19.5. The van der Waals surface area contributed by atoms with Crippen LogP contribution < -0.4 is 5.43 Å². The summed E-state index contributed by atoms with van der Waals surface area (Å²) in [5, 5.41) is 1.98. The van der Waals surface area contributed by atoms with Crippen molar-refractivity contribution in [3.8, 4) is 0 Å². The van der Waals surface area contributed by atoms with Crippen LogP contribution in [-0.4, -0.2) is 18.2 Å². The fourth-order valence-electron chi connectivity index (χ4n) is 4.09. The Kier molecular flexibility index (Phi) is 8.43. The molecular weight excluding hydrogens is 491 g/mol. The third-order valence-corrected chi connectivity index (χ3v) is 5.74. The first-order chi connectivity index (χ1) is 18.3. The van der Waals surface area contributed by atoms with Crippen molar-refractivity contribution in [1.82, 2.24) is 10.4 Å². The number of nitrogens with zero attached hydrogens (tertiary/aromatic N) is 1. The summed E-state index contributed by atoms with van der Waals surface area (Å²) in [6.45, 7) is 0. The van der Waals surface area contributed by atoms with Gasteiger partial charge >= 0.3 is 7.25 Å². The molecular formula is C30H24BF4N2O-. The molecule has 0 saturated heterocycles. The van der Waals surface area contributed by atoms with Crippen LogP contribution in [0, 0.1) is 0 Å². The second kappa shape index (κ2) is 12.1. The van der Waals surface area contributed by atoms with Gasteiger partial charge in [-0.15, -0.1) is 0 Å². The summed E-state index contributed by atoms with van der Waals surface area (Å²) in [7, 11) is -6.00. The van der Waals surface area contributed by atoms with Gasteiger partial charge in [-0.25, -0.2) is 0 Å². The number of hydrazine groups is 1. The van der Waals surface area contributed by atoms with Gasteiger partial charge in [-0.2, -0.15) is 0 Å². The number of hydrogen-bond acceptors (Lipinski definition) is 2. The van der Waals surface area contributed by atoms with E-state index in [0.29, 0.717) is 5.56 Å². The van der Waals surface area contributed by atoms with E-state index in [9.17, 15) is 22.1 Å². The standard InChI is InChI=1S/C30H24N2O.BF4/c33-30(26-19-11-4-12-20-26)31-32-28(24-15-7-2-8-16-24)21-27(23-13-5-1-6-14-23)22-29(32)25-17-9-3-10-18-25;2-1(3,4)5/h1-22,28H,(H,31,33);/q;-1. The average molecular weight is 515 g/mol. The Morgan fingerprint density at radius 3 is 1.63 bits per heavy atom. The van der Waals surface area contributed by atoms with Crippen LogP contribution in [0.15, 0.2) is 133 Å². The lowest BCUT2D eigenvalue weighted by Gasteiger charge is -2.37. The number of halogens is 4. The van der Waals surface area contributed by atoms with E-state index < -0.39 is 7.25 Å². The van der Waals surface area contributed by atoms with Gasteiger partial charge in [0, 0.05) is 5.56 Å². The molecule has 8 heteroatoms. The molecule has 0 aliphatic carbocycles. The van der Waals surface area contributed by atoms with Gasteiger partial charge in [0.25, 0.3) is 5.91 Å². The summed E-state index contributed by atoms with van der Waals surface area (Å²) in [4.78, 5) is 13.2. The van der Waals surface area contributed by atoms with Crippen molar-refractivity contribution < 1.29 is 22.1 Å². The SMILES string of the molecule is F[B-](F)(F)F.O=C(NN1C(c2ccccc2)=CC(c2ccccc2)=CC1c1ccccc1)c1ccccc1. The minimum atomic E-state index is -6.00. The van der Waals surface area contributed by atoms with E-state index in [2.05, 4.69) is 54.0 Å². The fraction of sp³-hybridized carbons (Fsp3) is 0.0333. The number of nitrogens with one attached hydrogen (secondary N) is 1. The normalized spacial score (nSPS) is 14.9. The summed E-state index contributed by atoms with van der Waals surface area (Å²) in [6, 6.07) is 40.0. The van der Waals surface area contributed by atoms with Crippen LogP contribution in [0.3, 0.4) is 0 Å². The van der Waals surface area contributed by atoms with Gasteiger partial charge < -0.3 is 17.3 Å². The number of allylic oxidation sites excluding steroid dienone is 2. The first-order valence-electron chi connectivity index (χ1n) is 11.9. The molecule has 1 amide bonds. The maximum absolute atomic E-state index is 13.2. The fourth-order valence-corrected chi connectivity index (χ4v) is 4.09. The molecule has 0 aromatic heterocycles. The number of carbonyl (C=O) groups excluding carboxylic acids is 1. The van der Waals surface area contributed by atoms with Crippen molar-refractivity contribution in [3.05, 3.63) is 156 Å². The van der Waals surface area contributed by atoms with Gasteiger partial charge in [-0.05, 0) is 46.5 Å². The molecule has 0 radical (unpaired) electrons. The molecule has 1 aliphatic rings. The number of carbonyl (C=O) groups is 1. The van der Waals surface area contributed by atoms with Crippen LogP contribution in [0.25, 0.3) is 11.3 Å². The minimum absolute atomic E-state index is 0.144. The highest BCUT2D eigenvalue weighted by molar-refractivity contribution is 6.50. The van der Waals surface area contributed by atoms with Crippen LogP contribution in [0.5, 0.6) is 0 Å². The Morgan fingerprint density at radius 2 is 1.11 bits per heavy atom. The van der Waals surface area contributed by atoms with E-state index in [-0.39, 0.29) is 11.9 Å². The van der Waals surface area contributed by atoms with E-state index >= 15 is 0 Å². The van der Waals surface area contributed by atoms with Crippen molar-refractivity contribution in [1.29, 1.82) is 0 Å². The van der Waals surface area contributed by atoms with E-state index in [1.165, 1.54) is 0 Å². The number of hydrogen-bond donors (Lipinski definition) is 1. The molecule has 3 nitrogen and oxygen atoms in total. The minimum Gasteiger partial charge on any atom is -0.418 e. The molecule has 1 aliphatic heterocycles. The molecule has 5 rings (SSSR count). The molecule has 0 fully saturated rings. The quantitative estimate of drug-likeness (QED) is 0.217. The molecule has 0 saturated carbocycles. The molecule has 1 N–H and O–H groups in total. The number of amides is 1. The zero-order valence-electron chi connectivity index (χ0n) is 20.2. The largest absolute Gasteiger partial charge is 0.673 e. The summed E-state index contributed by atoms with van der Waals surface area (Å²) < 4.78 is 39.0. The van der Waals surface area contributed by atoms with E-state index in [0.717, 1.165) is 28.0 Å². The van der Waals surface area contributed by atoms with E-state index in [4.69, 9.17) is 0 Å². The van der Waals surface area contributed by atoms with Crippen LogP contribution in [-0.2, 0) is 0 Å². The zero-order chi connectivity index (χ0) is 27.0. The average Bonchev–Trinajstić information content (AvgIpc) is 2.94. The second-order valence-electron chi connectivity index (χ2n) is 8.41. The van der Waals surface area contributed by atoms with Gasteiger partial charge in [0.1, 0.15) is 0 Å². The third-order valence-electron chi connectivity index (χ3n) is 5.74. The Bertz CT molecular complexity index is 1390. The molecule has 1 unspecified atom stereocenters. The lowest BCUT2D eigenvalue weighted by molar-refractivity contribution is 0.0837. The molecule has 192 valence electrons. The Hall–Kier alpha value is -4.59. The topological polar surface area (TPSA) is 32.3 Å². The van der Waals surface area contributed by atoms with Gasteiger partial charge in [0.2, 0.25) is 0 Å². The first kappa shape index (κ1) is 26.5. The molecule has 1 atom stereocenters. The van der Waals surface area contributed by atoms with Crippen molar-refractivity contribution in [2.24, 2.45) is 0 Å². The zero-order valence-corrected chi connectivity index (χ0v) is 20.2. The predicted molar refractivity (Wildman–Crippen MR) is 144 cm³/mol. The monoisotopic (exact) mass is 515 g/mol. The number of benzene rings is 4. The highest BCUT2D eigenvalue weighted by Crippen LogP contribution is 2.38.